The Morgan fingerprint density at radius 1 is 1.19 bits per heavy atom. The van der Waals surface area contributed by atoms with Crippen LogP contribution in [0.4, 0.5) is 11.6 Å². The molecule has 1 aromatic carbocycles. The van der Waals surface area contributed by atoms with E-state index in [2.05, 4.69) is 19.7 Å². The van der Waals surface area contributed by atoms with Crippen LogP contribution >= 0.6 is 11.8 Å². The molecule has 1 unspecified atom stereocenters. The maximum atomic E-state index is 12.8. The standard InChI is InChI=1S/C19H25N5OS/c1-14(17(25)22(2)15-8-4-3-5-9-15)26-19-21-20-18(23-12-6-7-13-23)24(19)16-10-11-16/h3-5,8-9,14,16H,6-7,10-13H2,1-2H3. The van der Waals surface area contributed by atoms with E-state index in [0.717, 1.165) is 29.9 Å². The first-order valence-corrected chi connectivity index (χ1v) is 10.2. The van der Waals surface area contributed by atoms with Crippen LogP contribution in [0.25, 0.3) is 0 Å². The minimum atomic E-state index is -0.215. The van der Waals surface area contributed by atoms with Gasteiger partial charge in [0.05, 0.1) is 5.25 Å². The molecule has 1 saturated carbocycles. The van der Waals surface area contributed by atoms with Crippen LogP contribution < -0.4 is 9.80 Å². The van der Waals surface area contributed by atoms with Gasteiger partial charge < -0.3 is 9.80 Å². The lowest BCUT2D eigenvalue weighted by Crippen LogP contribution is -2.33. The molecule has 1 saturated heterocycles. The van der Waals surface area contributed by atoms with E-state index in [-0.39, 0.29) is 11.2 Å². The van der Waals surface area contributed by atoms with Gasteiger partial charge in [-0.15, -0.1) is 10.2 Å². The maximum absolute atomic E-state index is 12.8. The van der Waals surface area contributed by atoms with Gasteiger partial charge in [-0.05, 0) is 44.7 Å². The molecule has 4 rings (SSSR count). The molecular weight excluding hydrogens is 346 g/mol. The maximum Gasteiger partial charge on any atom is 0.240 e. The van der Waals surface area contributed by atoms with Gasteiger partial charge in [0.15, 0.2) is 5.16 Å². The first-order chi connectivity index (χ1) is 12.6. The largest absolute Gasteiger partial charge is 0.341 e. The van der Waals surface area contributed by atoms with E-state index in [0.29, 0.717) is 6.04 Å². The van der Waals surface area contributed by atoms with Crippen LogP contribution in [-0.2, 0) is 4.79 Å². The number of anilines is 2. The van der Waals surface area contributed by atoms with Crippen LogP contribution in [0.5, 0.6) is 0 Å². The second-order valence-electron chi connectivity index (χ2n) is 7.07. The van der Waals surface area contributed by atoms with E-state index in [1.54, 1.807) is 4.90 Å². The number of benzene rings is 1. The van der Waals surface area contributed by atoms with Gasteiger partial charge in [0, 0.05) is 31.9 Å². The zero-order valence-corrected chi connectivity index (χ0v) is 16.2. The highest BCUT2D eigenvalue weighted by molar-refractivity contribution is 8.00. The lowest BCUT2D eigenvalue weighted by atomic mass is 10.3. The Labute approximate surface area is 158 Å². The third kappa shape index (κ3) is 3.45. The lowest BCUT2D eigenvalue weighted by Gasteiger charge is -2.22. The van der Waals surface area contributed by atoms with Crippen molar-refractivity contribution in [2.75, 3.05) is 29.9 Å². The fraction of sp³-hybridized carbons (Fsp3) is 0.526. The first kappa shape index (κ1) is 17.4. The summed E-state index contributed by atoms with van der Waals surface area (Å²) in [5.74, 6) is 1.07. The van der Waals surface area contributed by atoms with Gasteiger partial charge in [0.25, 0.3) is 0 Å². The van der Waals surface area contributed by atoms with Crippen LogP contribution in [0.2, 0.25) is 0 Å². The van der Waals surface area contributed by atoms with Crippen molar-refractivity contribution in [2.24, 2.45) is 0 Å². The Morgan fingerprint density at radius 3 is 2.54 bits per heavy atom. The zero-order chi connectivity index (χ0) is 18.1. The highest BCUT2D eigenvalue weighted by Gasteiger charge is 2.33. The van der Waals surface area contributed by atoms with E-state index >= 15 is 0 Å². The van der Waals surface area contributed by atoms with Gasteiger partial charge >= 0.3 is 0 Å². The summed E-state index contributed by atoms with van der Waals surface area (Å²) in [7, 11) is 1.83. The van der Waals surface area contributed by atoms with Crippen molar-refractivity contribution in [3.8, 4) is 0 Å². The normalized spacial score (nSPS) is 18.2. The fourth-order valence-corrected chi connectivity index (χ4v) is 4.40. The van der Waals surface area contributed by atoms with Crippen LogP contribution in [0.3, 0.4) is 0 Å². The minimum Gasteiger partial charge on any atom is -0.341 e. The Kier molecular flexibility index (Phi) is 4.89. The van der Waals surface area contributed by atoms with Crippen LogP contribution in [0, 0.1) is 0 Å². The molecule has 0 spiro atoms. The highest BCUT2D eigenvalue weighted by atomic mass is 32.2. The van der Waals surface area contributed by atoms with Gasteiger partial charge in [-0.25, -0.2) is 0 Å². The molecule has 138 valence electrons. The molecule has 1 atom stereocenters. The highest BCUT2D eigenvalue weighted by Crippen LogP contribution is 2.42. The Balaban J connectivity index is 1.50. The second-order valence-corrected chi connectivity index (χ2v) is 8.38. The molecule has 7 heteroatoms. The van der Waals surface area contributed by atoms with E-state index in [4.69, 9.17) is 0 Å². The molecule has 2 aliphatic rings. The molecule has 0 radical (unpaired) electrons. The molecule has 2 aromatic rings. The number of hydrogen-bond donors (Lipinski definition) is 0. The number of carbonyl (C=O) groups excluding carboxylic acids is 1. The summed E-state index contributed by atoms with van der Waals surface area (Å²) in [6.07, 6.45) is 4.80. The summed E-state index contributed by atoms with van der Waals surface area (Å²) < 4.78 is 2.27. The van der Waals surface area contributed by atoms with E-state index < -0.39 is 0 Å². The molecule has 1 aliphatic carbocycles. The second kappa shape index (κ2) is 7.31. The fourth-order valence-electron chi connectivity index (χ4n) is 3.39. The number of nitrogens with zero attached hydrogens (tertiary/aromatic N) is 5. The lowest BCUT2D eigenvalue weighted by molar-refractivity contribution is -0.117. The predicted molar refractivity (Wildman–Crippen MR) is 105 cm³/mol. The molecular formula is C19H25N5OS. The molecule has 2 heterocycles. The van der Waals surface area contributed by atoms with Crippen LogP contribution in [0.1, 0.15) is 38.6 Å². The molecule has 26 heavy (non-hydrogen) atoms. The molecule has 1 amide bonds. The van der Waals surface area contributed by atoms with Gasteiger partial charge in [-0.3, -0.25) is 9.36 Å². The molecule has 1 aromatic heterocycles. The summed E-state index contributed by atoms with van der Waals surface area (Å²) in [5.41, 5.74) is 0.909. The van der Waals surface area contributed by atoms with Crippen molar-refractivity contribution >= 4 is 29.3 Å². The number of carbonyl (C=O) groups is 1. The Bertz CT molecular complexity index is 767. The van der Waals surface area contributed by atoms with Crippen molar-refractivity contribution in [2.45, 2.75) is 49.1 Å². The van der Waals surface area contributed by atoms with Crippen molar-refractivity contribution in [1.82, 2.24) is 14.8 Å². The number of aromatic nitrogens is 3. The summed E-state index contributed by atoms with van der Waals surface area (Å²) in [5, 5.41) is 9.57. The minimum absolute atomic E-state index is 0.0780. The number of hydrogen-bond acceptors (Lipinski definition) is 5. The van der Waals surface area contributed by atoms with Gasteiger partial charge in [-0.2, -0.15) is 0 Å². The van der Waals surface area contributed by atoms with E-state index in [1.165, 1.54) is 37.4 Å². The molecule has 2 fully saturated rings. The van der Waals surface area contributed by atoms with Crippen molar-refractivity contribution in [3.63, 3.8) is 0 Å². The summed E-state index contributed by atoms with van der Waals surface area (Å²) in [4.78, 5) is 16.9. The predicted octanol–water partition coefficient (Wildman–Crippen LogP) is 3.36. The van der Waals surface area contributed by atoms with Gasteiger partial charge in [-0.1, -0.05) is 30.0 Å². The average Bonchev–Trinajstić information content (AvgIpc) is 3.19. The first-order valence-electron chi connectivity index (χ1n) is 9.34. The topological polar surface area (TPSA) is 54.3 Å². The molecule has 0 N–H and O–H groups in total. The molecule has 1 aliphatic heterocycles. The van der Waals surface area contributed by atoms with Crippen LogP contribution in [-0.4, -0.2) is 46.1 Å². The summed E-state index contributed by atoms with van der Waals surface area (Å²) >= 11 is 1.52. The van der Waals surface area contributed by atoms with Crippen molar-refractivity contribution in [3.05, 3.63) is 30.3 Å². The van der Waals surface area contributed by atoms with Crippen molar-refractivity contribution in [1.29, 1.82) is 0 Å². The smallest absolute Gasteiger partial charge is 0.240 e. The van der Waals surface area contributed by atoms with Gasteiger partial charge in [0.2, 0.25) is 11.9 Å². The number of amides is 1. The third-order valence-corrected chi connectivity index (χ3v) is 6.10. The Morgan fingerprint density at radius 2 is 1.88 bits per heavy atom. The quantitative estimate of drug-likeness (QED) is 0.729. The molecule has 0 bridgehead atoms. The number of thioether (sulfide) groups is 1. The number of para-hydroxylation sites is 1. The molecule has 6 nitrogen and oxygen atoms in total. The van der Waals surface area contributed by atoms with Crippen molar-refractivity contribution < 1.29 is 4.79 Å². The monoisotopic (exact) mass is 371 g/mol. The Hall–Kier alpha value is -2.02. The zero-order valence-electron chi connectivity index (χ0n) is 15.3. The third-order valence-electron chi connectivity index (χ3n) is 5.05. The average molecular weight is 372 g/mol. The van der Waals surface area contributed by atoms with E-state index in [1.807, 2.05) is 44.3 Å². The SMILES string of the molecule is CC(Sc1nnc(N2CCCC2)n1C1CC1)C(=O)N(C)c1ccccc1. The summed E-state index contributed by atoms with van der Waals surface area (Å²) in [6.45, 7) is 4.06. The van der Waals surface area contributed by atoms with E-state index in [9.17, 15) is 4.79 Å². The van der Waals surface area contributed by atoms with Crippen LogP contribution in [0.15, 0.2) is 35.5 Å². The van der Waals surface area contributed by atoms with Gasteiger partial charge in [0.1, 0.15) is 0 Å². The summed E-state index contributed by atoms with van der Waals surface area (Å²) in [6, 6.07) is 10.3. The number of rotatable bonds is 6.